The van der Waals surface area contributed by atoms with Crippen molar-refractivity contribution < 1.29 is 9.53 Å². The van der Waals surface area contributed by atoms with Crippen LogP contribution in [0, 0.1) is 6.92 Å². The van der Waals surface area contributed by atoms with E-state index in [1.807, 2.05) is 49.1 Å². The average Bonchev–Trinajstić information content (AvgIpc) is 3.38. The number of aliphatic imine (C=N–C) groups is 1. The molecule has 0 saturated heterocycles. The largest absolute Gasteiger partial charge is 0.462 e. The standard InChI is InChI=1S/C22H28N6O2S/c1-5-30-21(29)19-15(2)26-20(31-19)16(3)27-22(23-4)24-11-18-12-25-28(14-18)13-17-9-7-6-8-10-17/h6-10,12,14,16H,5,11,13H2,1-4H3,(H2,23,24,27). The monoisotopic (exact) mass is 440 g/mol. The number of ether oxygens (including phenoxy) is 1. The molecule has 8 nitrogen and oxygen atoms in total. The summed E-state index contributed by atoms with van der Waals surface area (Å²) in [5.74, 6) is 0.319. The predicted octanol–water partition coefficient (Wildman–Crippen LogP) is 3.30. The molecule has 0 spiro atoms. The topological polar surface area (TPSA) is 93.4 Å². The fourth-order valence-corrected chi connectivity index (χ4v) is 3.95. The van der Waals surface area contributed by atoms with Gasteiger partial charge in [0.25, 0.3) is 0 Å². The lowest BCUT2D eigenvalue weighted by atomic mass is 10.2. The number of nitrogens with zero attached hydrogens (tertiary/aromatic N) is 4. The highest BCUT2D eigenvalue weighted by molar-refractivity contribution is 7.13. The molecule has 2 aromatic heterocycles. The smallest absolute Gasteiger partial charge is 0.350 e. The van der Waals surface area contributed by atoms with E-state index in [-0.39, 0.29) is 12.0 Å². The van der Waals surface area contributed by atoms with Crippen LogP contribution in [0.4, 0.5) is 0 Å². The number of aromatic nitrogens is 3. The summed E-state index contributed by atoms with van der Waals surface area (Å²) < 4.78 is 7.02. The highest BCUT2D eigenvalue weighted by atomic mass is 32.1. The van der Waals surface area contributed by atoms with Gasteiger partial charge in [-0.2, -0.15) is 5.10 Å². The quantitative estimate of drug-likeness (QED) is 0.317. The third kappa shape index (κ3) is 6.14. The fourth-order valence-electron chi connectivity index (χ4n) is 2.99. The Morgan fingerprint density at radius 3 is 2.77 bits per heavy atom. The number of aryl methyl sites for hydroxylation is 1. The van der Waals surface area contributed by atoms with E-state index in [0.717, 1.165) is 17.1 Å². The lowest BCUT2D eigenvalue weighted by Gasteiger charge is -2.15. The predicted molar refractivity (Wildman–Crippen MR) is 122 cm³/mol. The molecule has 0 bridgehead atoms. The van der Waals surface area contributed by atoms with E-state index >= 15 is 0 Å². The van der Waals surface area contributed by atoms with E-state index in [4.69, 9.17) is 4.74 Å². The molecule has 0 amide bonds. The van der Waals surface area contributed by atoms with Crippen LogP contribution >= 0.6 is 11.3 Å². The maximum absolute atomic E-state index is 12.0. The van der Waals surface area contributed by atoms with E-state index in [0.29, 0.717) is 29.7 Å². The van der Waals surface area contributed by atoms with Crippen molar-refractivity contribution in [2.75, 3.05) is 13.7 Å². The van der Waals surface area contributed by atoms with Gasteiger partial charge >= 0.3 is 5.97 Å². The Morgan fingerprint density at radius 1 is 1.29 bits per heavy atom. The number of carbonyl (C=O) groups excluding carboxylic acids is 1. The molecule has 1 aromatic carbocycles. The van der Waals surface area contributed by atoms with Crippen molar-refractivity contribution >= 4 is 23.3 Å². The van der Waals surface area contributed by atoms with Gasteiger partial charge in [-0.05, 0) is 26.3 Å². The molecule has 2 heterocycles. The third-order valence-corrected chi connectivity index (χ3v) is 5.88. The molecule has 0 radical (unpaired) electrons. The van der Waals surface area contributed by atoms with Crippen molar-refractivity contribution in [1.82, 2.24) is 25.4 Å². The molecule has 0 aliphatic carbocycles. The van der Waals surface area contributed by atoms with Crippen molar-refractivity contribution in [3.63, 3.8) is 0 Å². The lowest BCUT2D eigenvalue weighted by molar-refractivity contribution is 0.0531. The Kier molecular flexibility index (Phi) is 7.77. The van der Waals surface area contributed by atoms with Crippen LogP contribution in [-0.4, -0.2) is 40.3 Å². The number of carbonyl (C=O) groups is 1. The highest BCUT2D eigenvalue weighted by Crippen LogP contribution is 2.24. The number of esters is 1. The number of thiazole rings is 1. The summed E-state index contributed by atoms with van der Waals surface area (Å²) in [6.07, 6.45) is 3.87. The Labute approximate surface area is 186 Å². The van der Waals surface area contributed by atoms with Crippen LogP contribution in [0.25, 0.3) is 0 Å². The first-order valence-corrected chi connectivity index (χ1v) is 11.0. The zero-order valence-corrected chi connectivity index (χ0v) is 19.1. The summed E-state index contributed by atoms with van der Waals surface area (Å²) in [7, 11) is 1.72. The Morgan fingerprint density at radius 2 is 2.06 bits per heavy atom. The minimum atomic E-state index is -0.328. The van der Waals surface area contributed by atoms with E-state index in [9.17, 15) is 4.79 Å². The van der Waals surface area contributed by atoms with Crippen LogP contribution in [0.3, 0.4) is 0 Å². The maximum atomic E-state index is 12.0. The van der Waals surface area contributed by atoms with Gasteiger partial charge in [0.1, 0.15) is 9.88 Å². The minimum Gasteiger partial charge on any atom is -0.462 e. The van der Waals surface area contributed by atoms with Gasteiger partial charge in [-0.15, -0.1) is 11.3 Å². The van der Waals surface area contributed by atoms with Crippen molar-refractivity contribution in [3.8, 4) is 0 Å². The Hall–Kier alpha value is -3.20. The molecule has 0 fully saturated rings. The summed E-state index contributed by atoms with van der Waals surface area (Å²) in [5.41, 5.74) is 2.94. The van der Waals surface area contributed by atoms with Crippen LogP contribution in [0.15, 0.2) is 47.7 Å². The second kappa shape index (κ2) is 10.7. The molecule has 0 aliphatic rings. The van der Waals surface area contributed by atoms with Gasteiger partial charge in [0, 0.05) is 25.4 Å². The normalized spacial score (nSPS) is 12.5. The number of nitrogens with one attached hydrogen (secondary N) is 2. The van der Waals surface area contributed by atoms with Crippen LogP contribution in [0.2, 0.25) is 0 Å². The van der Waals surface area contributed by atoms with E-state index in [1.54, 1.807) is 14.0 Å². The van der Waals surface area contributed by atoms with E-state index in [2.05, 4.69) is 37.8 Å². The van der Waals surface area contributed by atoms with Crippen LogP contribution in [0.1, 0.15) is 51.4 Å². The first-order valence-electron chi connectivity index (χ1n) is 10.2. The number of guanidine groups is 1. The zero-order chi connectivity index (χ0) is 22.2. The molecule has 0 aliphatic heterocycles. The first-order chi connectivity index (χ1) is 15.0. The van der Waals surface area contributed by atoms with Crippen molar-refractivity contribution in [2.45, 2.75) is 39.9 Å². The third-order valence-electron chi connectivity index (χ3n) is 4.56. The van der Waals surface area contributed by atoms with Gasteiger partial charge < -0.3 is 15.4 Å². The number of benzene rings is 1. The Bertz CT molecular complexity index is 1030. The highest BCUT2D eigenvalue weighted by Gasteiger charge is 2.20. The number of rotatable bonds is 8. The van der Waals surface area contributed by atoms with Crippen molar-refractivity contribution in [3.05, 3.63) is 69.4 Å². The van der Waals surface area contributed by atoms with Gasteiger partial charge in [-0.3, -0.25) is 9.67 Å². The Balaban J connectivity index is 1.55. The molecular formula is C22H28N6O2S. The number of hydrogen-bond donors (Lipinski definition) is 2. The van der Waals surface area contributed by atoms with Gasteiger partial charge in [-0.25, -0.2) is 9.78 Å². The second-order valence-electron chi connectivity index (χ2n) is 7.01. The molecule has 3 aromatic rings. The van der Waals surface area contributed by atoms with Crippen LogP contribution < -0.4 is 10.6 Å². The van der Waals surface area contributed by atoms with Crippen molar-refractivity contribution in [1.29, 1.82) is 0 Å². The summed E-state index contributed by atoms with van der Waals surface area (Å²) in [5, 5.41) is 11.9. The second-order valence-corrected chi connectivity index (χ2v) is 8.04. The summed E-state index contributed by atoms with van der Waals surface area (Å²) in [6, 6.07) is 10.1. The SMILES string of the molecule is CCOC(=O)c1sc(C(C)NC(=NC)NCc2cnn(Cc3ccccc3)c2)nc1C. The fraction of sp³-hybridized carbons (Fsp3) is 0.364. The first kappa shape index (κ1) is 22.5. The van der Waals surface area contributed by atoms with E-state index in [1.165, 1.54) is 16.9 Å². The molecule has 0 saturated carbocycles. The summed E-state index contributed by atoms with van der Waals surface area (Å²) in [6.45, 7) is 7.26. The van der Waals surface area contributed by atoms with Crippen molar-refractivity contribution in [2.24, 2.45) is 4.99 Å². The van der Waals surface area contributed by atoms with Crippen LogP contribution in [0.5, 0.6) is 0 Å². The van der Waals surface area contributed by atoms with Gasteiger partial charge in [0.15, 0.2) is 5.96 Å². The molecule has 1 unspecified atom stereocenters. The molecule has 2 N–H and O–H groups in total. The van der Waals surface area contributed by atoms with E-state index < -0.39 is 0 Å². The molecule has 1 atom stereocenters. The van der Waals surface area contributed by atoms with Gasteiger partial charge in [0.05, 0.1) is 31.1 Å². The molecule has 31 heavy (non-hydrogen) atoms. The molecule has 3 rings (SSSR count). The van der Waals surface area contributed by atoms with Crippen LogP contribution in [-0.2, 0) is 17.8 Å². The minimum absolute atomic E-state index is 0.112. The number of hydrogen-bond acceptors (Lipinski definition) is 6. The lowest BCUT2D eigenvalue weighted by Crippen LogP contribution is -2.38. The maximum Gasteiger partial charge on any atom is 0.350 e. The summed E-state index contributed by atoms with van der Waals surface area (Å²) in [4.78, 5) is 21.4. The average molecular weight is 441 g/mol. The van der Waals surface area contributed by atoms with Gasteiger partial charge in [0.2, 0.25) is 0 Å². The molecule has 164 valence electrons. The summed E-state index contributed by atoms with van der Waals surface area (Å²) >= 11 is 1.34. The molecule has 9 heteroatoms. The zero-order valence-electron chi connectivity index (χ0n) is 18.3. The molecular weight excluding hydrogens is 412 g/mol. The van der Waals surface area contributed by atoms with Gasteiger partial charge in [-0.1, -0.05) is 30.3 Å².